The zero-order valence-electron chi connectivity index (χ0n) is 9.02. The number of carbonyl (C=O) groups is 1. The van der Waals surface area contributed by atoms with Gasteiger partial charge in [-0.05, 0) is 35.9 Å². The van der Waals surface area contributed by atoms with Gasteiger partial charge >= 0.3 is 5.97 Å². The van der Waals surface area contributed by atoms with Crippen molar-refractivity contribution in [1.29, 1.82) is 0 Å². The standard InChI is InChI=1S/C13H8F2O3/c14-9-1-2-11(12(16)6-9)7-3-8(13(17)18)5-10(15)4-7/h1-6,16H,(H,17,18). The van der Waals surface area contributed by atoms with Crippen LogP contribution in [0.15, 0.2) is 36.4 Å². The summed E-state index contributed by atoms with van der Waals surface area (Å²) >= 11 is 0. The zero-order valence-corrected chi connectivity index (χ0v) is 9.02. The summed E-state index contributed by atoms with van der Waals surface area (Å²) in [4.78, 5) is 10.8. The highest BCUT2D eigenvalue weighted by Gasteiger charge is 2.11. The SMILES string of the molecule is O=C(O)c1cc(F)cc(-c2ccc(F)cc2O)c1. The third-order valence-electron chi connectivity index (χ3n) is 2.42. The topological polar surface area (TPSA) is 57.5 Å². The predicted octanol–water partition coefficient (Wildman–Crippen LogP) is 3.04. The molecule has 0 saturated carbocycles. The Labute approximate surface area is 101 Å². The Morgan fingerprint density at radius 2 is 1.72 bits per heavy atom. The first-order chi connectivity index (χ1) is 8.47. The molecule has 0 saturated heterocycles. The van der Waals surface area contributed by atoms with Crippen molar-refractivity contribution >= 4 is 5.97 Å². The van der Waals surface area contributed by atoms with Crippen LogP contribution in [-0.2, 0) is 0 Å². The molecule has 2 aromatic carbocycles. The van der Waals surface area contributed by atoms with Gasteiger partial charge in [-0.25, -0.2) is 13.6 Å². The maximum absolute atomic E-state index is 13.3. The number of hydrogen-bond acceptors (Lipinski definition) is 2. The number of phenols is 1. The number of phenolic OH excluding ortho intramolecular Hbond substituents is 1. The fourth-order valence-corrected chi connectivity index (χ4v) is 1.62. The summed E-state index contributed by atoms with van der Waals surface area (Å²) in [5, 5.41) is 18.4. The summed E-state index contributed by atoms with van der Waals surface area (Å²) in [6.45, 7) is 0. The zero-order chi connectivity index (χ0) is 13.3. The molecule has 0 amide bonds. The summed E-state index contributed by atoms with van der Waals surface area (Å²) in [6.07, 6.45) is 0. The van der Waals surface area contributed by atoms with E-state index in [-0.39, 0.29) is 22.4 Å². The van der Waals surface area contributed by atoms with Gasteiger partial charge < -0.3 is 10.2 Å². The van der Waals surface area contributed by atoms with Gasteiger partial charge in [-0.2, -0.15) is 0 Å². The molecule has 2 rings (SSSR count). The number of hydrogen-bond donors (Lipinski definition) is 2. The van der Waals surface area contributed by atoms with Crippen LogP contribution >= 0.6 is 0 Å². The third kappa shape index (κ3) is 2.29. The first kappa shape index (κ1) is 12.0. The molecule has 0 aliphatic heterocycles. The van der Waals surface area contributed by atoms with Crippen molar-refractivity contribution in [2.24, 2.45) is 0 Å². The minimum absolute atomic E-state index is 0.165. The first-order valence-electron chi connectivity index (χ1n) is 5.00. The van der Waals surface area contributed by atoms with E-state index < -0.39 is 17.6 Å². The predicted molar refractivity (Wildman–Crippen MR) is 60.4 cm³/mol. The molecule has 18 heavy (non-hydrogen) atoms. The van der Waals surface area contributed by atoms with Crippen molar-refractivity contribution in [2.45, 2.75) is 0 Å². The largest absolute Gasteiger partial charge is 0.507 e. The molecule has 0 spiro atoms. The molecule has 0 atom stereocenters. The van der Waals surface area contributed by atoms with Crippen molar-refractivity contribution in [3.05, 3.63) is 53.6 Å². The van der Waals surface area contributed by atoms with Crippen molar-refractivity contribution in [3.63, 3.8) is 0 Å². The first-order valence-corrected chi connectivity index (χ1v) is 5.00. The molecule has 0 heterocycles. The quantitative estimate of drug-likeness (QED) is 0.861. The molecule has 5 heteroatoms. The average Bonchev–Trinajstić information content (AvgIpc) is 2.27. The maximum Gasteiger partial charge on any atom is 0.335 e. The smallest absolute Gasteiger partial charge is 0.335 e. The van der Waals surface area contributed by atoms with E-state index in [2.05, 4.69) is 0 Å². The van der Waals surface area contributed by atoms with Gasteiger partial charge in [0.2, 0.25) is 0 Å². The van der Waals surface area contributed by atoms with Gasteiger partial charge in [-0.15, -0.1) is 0 Å². The number of rotatable bonds is 2. The molecule has 0 fully saturated rings. The van der Waals surface area contributed by atoms with E-state index in [0.717, 1.165) is 24.3 Å². The van der Waals surface area contributed by atoms with Gasteiger partial charge in [0, 0.05) is 11.6 Å². The van der Waals surface area contributed by atoms with Crippen LogP contribution < -0.4 is 0 Å². The number of aromatic carboxylic acids is 1. The average molecular weight is 250 g/mol. The molecule has 0 bridgehead atoms. The van der Waals surface area contributed by atoms with Crippen molar-refractivity contribution in [2.75, 3.05) is 0 Å². The van der Waals surface area contributed by atoms with Crippen LogP contribution in [-0.4, -0.2) is 16.2 Å². The molecular weight excluding hydrogens is 242 g/mol. The van der Waals surface area contributed by atoms with Gasteiger partial charge in [-0.1, -0.05) is 0 Å². The van der Waals surface area contributed by atoms with Gasteiger partial charge in [0.05, 0.1) is 5.56 Å². The Balaban J connectivity index is 2.60. The monoisotopic (exact) mass is 250 g/mol. The molecule has 0 aliphatic carbocycles. The Morgan fingerprint density at radius 1 is 1.00 bits per heavy atom. The second kappa shape index (κ2) is 4.44. The summed E-state index contributed by atoms with van der Waals surface area (Å²) in [5.74, 6) is -3.03. The normalized spacial score (nSPS) is 10.3. The second-order valence-corrected chi connectivity index (χ2v) is 3.70. The number of aromatic hydroxyl groups is 1. The van der Waals surface area contributed by atoms with Crippen LogP contribution in [0.25, 0.3) is 11.1 Å². The molecule has 2 N–H and O–H groups in total. The lowest BCUT2D eigenvalue weighted by Gasteiger charge is -2.06. The van der Waals surface area contributed by atoms with Crippen LogP contribution in [0.4, 0.5) is 8.78 Å². The van der Waals surface area contributed by atoms with E-state index in [1.807, 2.05) is 0 Å². The lowest BCUT2D eigenvalue weighted by molar-refractivity contribution is 0.0696. The van der Waals surface area contributed by atoms with Crippen LogP contribution in [0.1, 0.15) is 10.4 Å². The summed E-state index contributed by atoms with van der Waals surface area (Å²) in [7, 11) is 0. The van der Waals surface area contributed by atoms with E-state index in [0.29, 0.717) is 0 Å². The lowest BCUT2D eigenvalue weighted by atomic mass is 10.0. The van der Waals surface area contributed by atoms with E-state index in [1.54, 1.807) is 0 Å². The van der Waals surface area contributed by atoms with Crippen LogP contribution in [0.2, 0.25) is 0 Å². The van der Waals surface area contributed by atoms with E-state index in [4.69, 9.17) is 5.11 Å². The molecule has 0 radical (unpaired) electrons. The molecule has 92 valence electrons. The minimum Gasteiger partial charge on any atom is -0.507 e. The van der Waals surface area contributed by atoms with Gasteiger partial charge in [0.25, 0.3) is 0 Å². The number of carboxylic acids is 1. The highest BCUT2D eigenvalue weighted by molar-refractivity contribution is 5.89. The fraction of sp³-hybridized carbons (Fsp3) is 0. The highest BCUT2D eigenvalue weighted by Crippen LogP contribution is 2.30. The Morgan fingerprint density at radius 3 is 2.33 bits per heavy atom. The summed E-state index contributed by atoms with van der Waals surface area (Å²) in [6, 6.07) is 6.37. The molecule has 0 aliphatic rings. The second-order valence-electron chi connectivity index (χ2n) is 3.70. The number of carboxylic acid groups (broad SMARTS) is 1. The molecule has 0 aromatic heterocycles. The van der Waals surface area contributed by atoms with Gasteiger partial charge in [0.1, 0.15) is 17.4 Å². The van der Waals surface area contributed by atoms with Crippen molar-refractivity contribution in [3.8, 4) is 16.9 Å². The summed E-state index contributed by atoms with van der Waals surface area (Å²) < 4.78 is 26.1. The minimum atomic E-state index is -1.28. The van der Waals surface area contributed by atoms with E-state index >= 15 is 0 Å². The van der Waals surface area contributed by atoms with E-state index in [1.165, 1.54) is 12.1 Å². The van der Waals surface area contributed by atoms with E-state index in [9.17, 15) is 18.7 Å². The van der Waals surface area contributed by atoms with Crippen molar-refractivity contribution in [1.82, 2.24) is 0 Å². The Hall–Kier alpha value is -2.43. The lowest BCUT2D eigenvalue weighted by Crippen LogP contribution is -1.97. The van der Waals surface area contributed by atoms with Crippen LogP contribution in [0.5, 0.6) is 5.75 Å². The highest BCUT2D eigenvalue weighted by atomic mass is 19.1. The number of halogens is 2. The molecule has 0 unspecified atom stereocenters. The Bertz CT molecular complexity index is 624. The number of benzene rings is 2. The molecule has 2 aromatic rings. The third-order valence-corrected chi connectivity index (χ3v) is 2.42. The van der Waals surface area contributed by atoms with Crippen molar-refractivity contribution < 1.29 is 23.8 Å². The molecular formula is C13H8F2O3. The van der Waals surface area contributed by atoms with Crippen LogP contribution in [0.3, 0.4) is 0 Å². The molecule has 3 nitrogen and oxygen atoms in total. The fourth-order valence-electron chi connectivity index (χ4n) is 1.62. The van der Waals surface area contributed by atoms with Crippen LogP contribution in [0, 0.1) is 11.6 Å². The summed E-state index contributed by atoms with van der Waals surface area (Å²) in [5.41, 5.74) is 0.0945. The Kier molecular flexibility index (Phi) is 2.97. The maximum atomic E-state index is 13.3. The van der Waals surface area contributed by atoms with Gasteiger partial charge in [-0.3, -0.25) is 0 Å². The van der Waals surface area contributed by atoms with Gasteiger partial charge in [0.15, 0.2) is 0 Å².